The number of carbonyl (C=O) groups is 1. The highest BCUT2D eigenvalue weighted by Gasteiger charge is 2.04. The van der Waals surface area contributed by atoms with E-state index < -0.39 is 6.09 Å². The Labute approximate surface area is 87.3 Å². The summed E-state index contributed by atoms with van der Waals surface area (Å²) in [5.41, 5.74) is 1.17. The van der Waals surface area contributed by atoms with E-state index >= 15 is 0 Å². The van der Waals surface area contributed by atoms with Crippen LogP contribution in [0.3, 0.4) is 0 Å². The third kappa shape index (κ3) is 3.47. The van der Waals surface area contributed by atoms with E-state index in [9.17, 15) is 9.90 Å². The molecule has 0 aliphatic rings. The van der Waals surface area contributed by atoms with Gasteiger partial charge in [-0.3, -0.25) is 5.32 Å². The number of aliphatic hydroxyl groups is 1. The van der Waals surface area contributed by atoms with Crippen molar-refractivity contribution >= 4 is 11.8 Å². The topological polar surface area (TPSA) is 78.8 Å². The van der Waals surface area contributed by atoms with E-state index in [1.807, 2.05) is 0 Å². The van der Waals surface area contributed by atoms with Gasteiger partial charge in [-0.2, -0.15) is 0 Å². The normalized spacial score (nSPS) is 9.73. The zero-order valence-electron chi connectivity index (χ0n) is 8.36. The largest absolute Gasteiger partial charge is 0.508 e. The molecule has 82 valence electrons. The smallest absolute Gasteiger partial charge is 0.411 e. The number of hydrogen-bond acceptors (Lipinski definition) is 4. The molecule has 15 heavy (non-hydrogen) atoms. The van der Waals surface area contributed by atoms with Gasteiger partial charge in [-0.15, -0.1) is 0 Å². The van der Waals surface area contributed by atoms with Gasteiger partial charge in [0.15, 0.2) is 0 Å². The van der Waals surface area contributed by atoms with E-state index in [4.69, 9.17) is 5.11 Å². The molecule has 0 aliphatic carbocycles. The highest BCUT2D eigenvalue weighted by Crippen LogP contribution is 2.20. The first-order chi connectivity index (χ1) is 7.13. The summed E-state index contributed by atoms with van der Waals surface area (Å²) in [6, 6.07) is 4.75. The standard InChI is InChI=1S/C10H13NO4/c1-7-2-3-8(6-9(7)13)11-10(14)15-5-4-12/h2-3,6,12-13H,4-5H2,1H3,(H,11,14). The molecule has 0 atom stereocenters. The van der Waals surface area contributed by atoms with E-state index in [0.717, 1.165) is 5.56 Å². The van der Waals surface area contributed by atoms with E-state index in [1.54, 1.807) is 19.1 Å². The van der Waals surface area contributed by atoms with Crippen LogP contribution in [0, 0.1) is 6.92 Å². The van der Waals surface area contributed by atoms with E-state index in [2.05, 4.69) is 10.1 Å². The molecule has 3 N–H and O–H groups in total. The van der Waals surface area contributed by atoms with Crippen LogP contribution in [0.25, 0.3) is 0 Å². The quantitative estimate of drug-likeness (QED) is 0.702. The van der Waals surface area contributed by atoms with Gasteiger partial charge in [0.2, 0.25) is 0 Å². The predicted octanol–water partition coefficient (Wildman–Crippen LogP) is 1.24. The number of benzene rings is 1. The number of aromatic hydroxyl groups is 1. The van der Waals surface area contributed by atoms with Gasteiger partial charge in [0.05, 0.1) is 6.61 Å². The fraction of sp³-hybridized carbons (Fsp3) is 0.300. The lowest BCUT2D eigenvalue weighted by atomic mass is 10.2. The molecular weight excluding hydrogens is 198 g/mol. The molecule has 1 amide bonds. The zero-order chi connectivity index (χ0) is 11.3. The van der Waals surface area contributed by atoms with E-state index in [1.165, 1.54) is 6.07 Å². The van der Waals surface area contributed by atoms with Crippen LogP contribution in [0.1, 0.15) is 5.56 Å². The molecule has 1 rings (SSSR count). The van der Waals surface area contributed by atoms with Gasteiger partial charge in [-0.1, -0.05) is 6.07 Å². The molecule has 5 heteroatoms. The number of rotatable bonds is 3. The first-order valence-corrected chi connectivity index (χ1v) is 4.47. The molecule has 0 unspecified atom stereocenters. The highest BCUT2D eigenvalue weighted by molar-refractivity contribution is 5.84. The second-order valence-electron chi connectivity index (χ2n) is 2.99. The minimum absolute atomic E-state index is 0.0519. The van der Waals surface area contributed by atoms with Crippen LogP contribution >= 0.6 is 0 Å². The number of hydrogen-bond donors (Lipinski definition) is 3. The van der Waals surface area contributed by atoms with Gasteiger partial charge in [0.25, 0.3) is 0 Å². The molecule has 0 aliphatic heterocycles. The molecule has 1 aromatic rings. The van der Waals surface area contributed by atoms with Gasteiger partial charge < -0.3 is 14.9 Å². The van der Waals surface area contributed by atoms with Gasteiger partial charge in [-0.25, -0.2) is 4.79 Å². The maximum Gasteiger partial charge on any atom is 0.411 e. The molecule has 1 aromatic carbocycles. The summed E-state index contributed by atoms with van der Waals surface area (Å²) in [5, 5.41) is 20.2. The summed E-state index contributed by atoms with van der Waals surface area (Å²) in [4.78, 5) is 11.0. The maximum atomic E-state index is 11.0. The van der Waals surface area contributed by atoms with Crippen LogP contribution < -0.4 is 5.32 Å². The van der Waals surface area contributed by atoms with Crippen LogP contribution in [-0.4, -0.2) is 29.5 Å². The predicted molar refractivity (Wildman–Crippen MR) is 54.9 cm³/mol. The molecule has 0 radical (unpaired) electrons. The Hall–Kier alpha value is -1.75. The van der Waals surface area contributed by atoms with Crippen LogP contribution in [-0.2, 0) is 4.74 Å². The van der Waals surface area contributed by atoms with Gasteiger partial charge >= 0.3 is 6.09 Å². The second-order valence-corrected chi connectivity index (χ2v) is 2.99. The molecule has 0 saturated heterocycles. The molecule has 0 heterocycles. The summed E-state index contributed by atoms with van der Waals surface area (Å²) >= 11 is 0. The number of amides is 1. The van der Waals surface area contributed by atoms with Gasteiger partial charge in [0.1, 0.15) is 12.4 Å². The average Bonchev–Trinajstić information content (AvgIpc) is 2.20. The molecule has 0 spiro atoms. The van der Waals surface area contributed by atoms with Crippen LogP contribution in [0.4, 0.5) is 10.5 Å². The van der Waals surface area contributed by atoms with Gasteiger partial charge in [0, 0.05) is 11.8 Å². The second kappa shape index (κ2) is 5.21. The fourth-order valence-electron chi connectivity index (χ4n) is 0.979. The number of phenolic OH excluding ortho intramolecular Hbond substituents is 1. The monoisotopic (exact) mass is 211 g/mol. The maximum absolute atomic E-state index is 11.0. The van der Waals surface area contributed by atoms with Crippen molar-refractivity contribution in [1.82, 2.24) is 0 Å². The first-order valence-electron chi connectivity index (χ1n) is 4.47. The Kier molecular flexibility index (Phi) is 3.93. The van der Waals surface area contributed by atoms with Gasteiger partial charge in [-0.05, 0) is 18.6 Å². The molecule has 0 saturated carbocycles. The van der Waals surface area contributed by atoms with Crippen molar-refractivity contribution in [3.05, 3.63) is 23.8 Å². The SMILES string of the molecule is Cc1ccc(NC(=O)OCCO)cc1O. The third-order valence-electron chi connectivity index (χ3n) is 1.78. The van der Waals surface area contributed by atoms with Crippen molar-refractivity contribution in [2.45, 2.75) is 6.92 Å². The number of nitrogens with one attached hydrogen (secondary N) is 1. The summed E-state index contributed by atoms with van der Waals surface area (Å²) in [7, 11) is 0. The number of phenols is 1. The van der Waals surface area contributed by atoms with Crippen molar-refractivity contribution < 1.29 is 19.7 Å². The third-order valence-corrected chi connectivity index (χ3v) is 1.78. The zero-order valence-corrected chi connectivity index (χ0v) is 8.36. The molecule has 5 nitrogen and oxygen atoms in total. The first kappa shape index (κ1) is 11.3. The van der Waals surface area contributed by atoms with Crippen molar-refractivity contribution in [1.29, 1.82) is 0 Å². The lowest BCUT2D eigenvalue weighted by Crippen LogP contribution is -2.15. The summed E-state index contributed by atoms with van der Waals surface area (Å²) in [6.07, 6.45) is -0.660. The number of anilines is 1. The minimum atomic E-state index is -0.660. The summed E-state index contributed by atoms with van der Waals surface area (Å²) in [5.74, 6) is 0.106. The van der Waals surface area contributed by atoms with Crippen molar-refractivity contribution in [3.63, 3.8) is 0 Å². The summed E-state index contributed by atoms with van der Waals surface area (Å²) in [6.45, 7) is 1.49. The highest BCUT2D eigenvalue weighted by atomic mass is 16.6. The number of carbonyl (C=O) groups excluding carboxylic acids is 1. The van der Waals surface area contributed by atoms with Crippen LogP contribution in [0.15, 0.2) is 18.2 Å². The molecule has 0 bridgehead atoms. The van der Waals surface area contributed by atoms with E-state index in [-0.39, 0.29) is 19.0 Å². The average molecular weight is 211 g/mol. The Morgan fingerprint density at radius 2 is 2.27 bits per heavy atom. The summed E-state index contributed by atoms with van der Waals surface area (Å²) < 4.78 is 4.58. The van der Waals surface area contributed by atoms with Crippen LogP contribution in [0.2, 0.25) is 0 Å². The number of ether oxygens (including phenoxy) is 1. The van der Waals surface area contributed by atoms with Crippen molar-refractivity contribution in [2.75, 3.05) is 18.5 Å². The van der Waals surface area contributed by atoms with Crippen molar-refractivity contribution in [2.24, 2.45) is 0 Å². The number of aryl methyl sites for hydroxylation is 1. The molecule has 0 aromatic heterocycles. The van der Waals surface area contributed by atoms with Crippen molar-refractivity contribution in [3.8, 4) is 5.75 Å². The lowest BCUT2D eigenvalue weighted by Gasteiger charge is -2.06. The lowest BCUT2D eigenvalue weighted by molar-refractivity contribution is 0.131. The van der Waals surface area contributed by atoms with E-state index in [0.29, 0.717) is 5.69 Å². The Morgan fingerprint density at radius 1 is 1.53 bits per heavy atom. The fourth-order valence-corrected chi connectivity index (χ4v) is 0.979. The molecular formula is C10H13NO4. The van der Waals surface area contributed by atoms with Crippen LogP contribution in [0.5, 0.6) is 5.75 Å². The minimum Gasteiger partial charge on any atom is -0.508 e. The molecule has 0 fully saturated rings. The Bertz CT molecular complexity index is 351. The number of aliphatic hydroxyl groups excluding tert-OH is 1. The Morgan fingerprint density at radius 3 is 2.87 bits per heavy atom. The Balaban J connectivity index is 2.57.